The monoisotopic (exact) mass is 219 g/mol. The van der Waals surface area contributed by atoms with E-state index in [0.29, 0.717) is 0 Å². The number of nitrogens with one attached hydrogen (secondary N) is 1. The summed E-state index contributed by atoms with van der Waals surface area (Å²) in [6.07, 6.45) is 4.46. The zero-order valence-corrected chi connectivity index (χ0v) is 10.0. The summed E-state index contributed by atoms with van der Waals surface area (Å²) >= 11 is 0. The van der Waals surface area contributed by atoms with Gasteiger partial charge in [0.15, 0.2) is 0 Å². The molecule has 1 aliphatic rings. The van der Waals surface area contributed by atoms with Gasteiger partial charge >= 0.3 is 0 Å². The first-order valence-corrected chi connectivity index (χ1v) is 6.25. The van der Waals surface area contributed by atoms with Crippen LogP contribution < -0.4 is 5.32 Å². The summed E-state index contributed by atoms with van der Waals surface area (Å²) in [5, 5.41) is 3.42. The van der Waals surface area contributed by atoms with Crippen LogP contribution in [0.3, 0.4) is 0 Å². The average molecular weight is 219 g/mol. The first-order chi connectivity index (χ1) is 7.88. The molecule has 1 saturated heterocycles. The topological polar surface area (TPSA) is 28.2 Å². The summed E-state index contributed by atoms with van der Waals surface area (Å²) in [4.78, 5) is 6.80. The Kier molecular flexibility index (Phi) is 4.17. The SMILES string of the molecule is CCN1CCC(CNc2ccccn2)CC1. The van der Waals surface area contributed by atoms with Gasteiger partial charge in [0, 0.05) is 12.7 Å². The maximum atomic E-state index is 4.27. The summed E-state index contributed by atoms with van der Waals surface area (Å²) in [7, 11) is 0. The summed E-state index contributed by atoms with van der Waals surface area (Å²) in [6.45, 7) is 7.01. The molecule has 0 unspecified atom stereocenters. The van der Waals surface area contributed by atoms with E-state index in [9.17, 15) is 0 Å². The fourth-order valence-corrected chi connectivity index (χ4v) is 2.22. The average Bonchev–Trinajstić information content (AvgIpc) is 2.38. The third kappa shape index (κ3) is 3.20. The first-order valence-electron chi connectivity index (χ1n) is 6.25. The Morgan fingerprint density at radius 1 is 1.38 bits per heavy atom. The Bertz CT molecular complexity index is 291. The van der Waals surface area contributed by atoms with Crippen molar-refractivity contribution in [1.82, 2.24) is 9.88 Å². The molecule has 0 saturated carbocycles. The minimum Gasteiger partial charge on any atom is -0.370 e. The number of nitrogens with zero attached hydrogens (tertiary/aromatic N) is 2. The van der Waals surface area contributed by atoms with Crippen LogP contribution in [0.4, 0.5) is 5.82 Å². The highest BCUT2D eigenvalue weighted by Gasteiger charge is 2.17. The van der Waals surface area contributed by atoms with Crippen LogP contribution in [0.1, 0.15) is 19.8 Å². The predicted molar refractivity (Wildman–Crippen MR) is 67.6 cm³/mol. The molecule has 1 N–H and O–H groups in total. The quantitative estimate of drug-likeness (QED) is 0.841. The molecule has 0 bridgehead atoms. The van der Waals surface area contributed by atoms with Crippen molar-refractivity contribution in [2.24, 2.45) is 5.92 Å². The van der Waals surface area contributed by atoms with Crippen LogP contribution in [0.2, 0.25) is 0 Å². The van der Waals surface area contributed by atoms with Crippen LogP contribution in [0.25, 0.3) is 0 Å². The number of hydrogen-bond donors (Lipinski definition) is 1. The smallest absolute Gasteiger partial charge is 0.125 e. The Hall–Kier alpha value is -1.09. The highest BCUT2D eigenvalue weighted by Crippen LogP contribution is 2.17. The Balaban J connectivity index is 1.72. The molecule has 3 nitrogen and oxygen atoms in total. The lowest BCUT2D eigenvalue weighted by Gasteiger charge is -2.31. The van der Waals surface area contributed by atoms with Crippen LogP contribution in [0.5, 0.6) is 0 Å². The van der Waals surface area contributed by atoms with Gasteiger partial charge in [-0.05, 0) is 50.5 Å². The van der Waals surface area contributed by atoms with E-state index in [-0.39, 0.29) is 0 Å². The molecule has 0 atom stereocenters. The van der Waals surface area contributed by atoms with Gasteiger partial charge in [-0.15, -0.1) is 0 Å². The molecule has 0 aliphatic carbocycles. The molecule has 1 aromatic heterocycles. The van der Waals surface area contributed by atoms with Gasteiger partial charge in [0.05, 0.1) is 0 Å². The van der Waals surface area contributed by atoms with E-state index in [0.717, 1.165) is 18.3 Å². The third-order valence-electron chi connectivity index (χ3n) is 3.39. The lowest BCUT2D eigenvalue weighted by atomic mass is 9.97. The predicted octanol–water partition coefficient (Wildman–Crippen LogP) is 2.23. The Morgan fingerprint density at radius 3 is 2.81 bits per heavy atom. The summed E-state index contributed by atoms with van der Waals surface area (Å²) in [5.74, 6) is 1.81. The number of hydrogen-bond acceptors (Lipinski definition) is 3. The van der Waals surface area contributed by atoms with E-state index in [4.69, 9.17) is 0 Å². The lowest BCUT2D eigenvalue weighted by molar-refractivity contribution is 0.198. The van der Waals surface area contributed by atoms with Gasteiger partial charge in [0.25, 0.3) is 0 Å². The minimum atomic E-state index is 0.810. The molecule has 16 heavy (non-hydrogen) atoms. The Morgan fingerprint density at radius 2 is 2.19 bits per heavy atom. The summed E-state index contributed by atoms with van der Waals surface area (Å²) < 4.78 is 0. The molecule has 1 aromatic rings. The largest absolute Gasteiger partial charge is 0.370 e. The number of anilines is 1. The summed E-state index contributed by atoms with van der Waals surface area (Å²) in [6, 6.07) is 6.00. The first kappa shape index (κ1) is 11.4. The molecule has 3 heteroatoms. The second kappa shape index (κ2) is 5.85. The molecule has 0 radical (unpaired) electrons. The third-order valence-corrected chi connectivity index (χ3v) is 3.39. The van der Waals surface area contributed by atoms with E-state index >= 15 is 0 Å². The van der Waals surface area contributed by atoms with Gasteiger partial charge in [-0.25, -0.2) is 4.98 Å². The highest BCUT2D eigenvalue weighted by atomic mass is 15.1. The molecular formula is C13H21N3. The van der Waals surface area contributed by atoms with E-state index < -0.39 is 0 Å². The van der Waals surface area contributed by atoms with Crippen molar-refractivity contribution in [3.8, 4) is 0 Å². The maximum Gasteiger partial charge on any atom is 0.125 e. The van der Waals surface area contributed by atoms with Crippen LogP contribution in [-0.4, -0.2) is 36.1 Å². The highest BCUT2D eigenvalue weighted by molar-refractivity contribution is 5.32. The lowest BCUT2D eigenvalue weighted by Crippen LogP contribution is -2.35. The van der Waals surface area contributed by atoms with E-state index in [2.05, 4.69) is 22.1 Å². The number of rotatable bonds is 4. The van der Waals surface area contributed by atoms with E-state index in [1.165, 1.54) is 32.5 Å². The molecule has 2 rings (SSSR count). The van der Waals surface area contributed by atoms with Crippen molar-refractivity contribution in [2.75, 3.05) is 31.5 Å². The maximum absolute atomic E-state index is 4.27. The molecule has 0 aromatic carbocycles. The number of pyridine rings is 1. The zero-order chi connectivity index (χ0) is 11.2. The van der Waals surface area contributed by atoms with Crippen LogP contribution in [-0.2, 0) is 0 Å². The van der Waals surface area contributed by atoms with Crippen LogP contribution >= 0.6 is 0 Å². The molecule has 88 valence electrons. The molecule has 1 fully saturated rings. The normalized spacial score (nSPS) is 18.6. The minimum absolute atomic E-state index is 0.810. The van der Waals surface area contributed by atoms with Crippen LogP contribution in [0, 0.1) is 5.92 Å². The fourth-order valence-electron chi connectivity index (χ4n) is 2.22. The van der Waals surface area contributed by atoms with Crippen molar-refractivity contribution in [3.63, 3.8) is 0 Å². The second-order valence-corrected chi connectivity index (χ2v) is 4.47. The van der Waals surface area contributed by atoms with Gasteiger partial charge in [-0.1, -0.05) is 13.0 Å². The second-order valence-electron chi connectivity index (χ2n) is 4.47. The van der Waals surface area contributed by atoms with Gasteiger partial charge in [0.2, 0.25) is 0 Å². The van der Waals surface area contributed by atoms with Gasteiger partial charge < -0.3 is 10.2 Å². The summed E-state index contributed by atoms with van der Waals surface area (Å²) in [5.41, 5.74) is 0. The fraction of sp³-hybridized carbons (Fsp3) is 0.615. The van der Waals surface area contributed by atoms with Crippen molar-refractivity contribution in [3.05, 3.63) is 24.4 Å². The van der Waals surface area contributed by atoms with Gasteiger partial charge in [-0.2, -0.15) is 0 Å². The number of piperidine rings is 1. The molecule has 0 spiro atoms. The molecule has 0 amide bonds. The standard InChI is InChI=1S/C13H21N3/c1-2-16-9-6-12(7-10-16)11-15-13-5-3-4-8-14-13/h3-5,8,12H,2,6-7,9-11H2,1H3,(H,14,15). The van der Waals surface area contributed by atoms with Crippen molar-refractivity contribution >= 4 is 5.82 Å². The molecule has 2 heterocycles. The molecule has 1 aliphatic heterocycles. The van der Waals surface area contributed by atoms with E-state index in [1.807, 2.05) is 24.4 Å². The van der Waals surface area contributed by atoms with Gasteiger partial charge in [0.1, 0.15) is 5.82 Å². The Labute approximate surface area is 97.9 Å². The molecular weight excluding hydrogens is 198 g/mol. The van der Waals surface area contributed by atoms with E-state index in [1.54, 1.807) is 0 Å². The zero-order valence-electron chi connectivity index (χ0n) is 10.0. The number of likely N-dealkylation sites (tertiary alicyclic amines) is 1. The van der Waals surface area contributed by atoms with Crippen LogP contribution in [0.15, 0.2) is 24.4 Å². The van der Waals surface area contributed by atoms with Crippen molar-refractivity contribution < 1.29 is 0 Å². The number of aromatic nitrogens is 1. The van der Waals surface area contributed by atoms with Crippen molar-refractivity contribution in [2.45, 2.75) is 19.8 Å². The van der Waals surface area contributed by atoms with Crippen molar-refractivity contribution in [1.29, 1.82) is 0 Å². The van der Waals surface area contributed by atoms with Gasteiger partial charge in [-0.3, -0.25) is 0 Å².